The summed E-state index contributed by atoms with van der Waals surface area (Å²) in [6.07, 6.45) is 1.60. The summed E-state index contributed by atoms with van der Waals surface area (Å²) in [7, 11) is 4.92. The Morgan fingerprint density at radius 2 is 2.06 bits per heavy atom. The highest BCUT2D eigenvalue weighted by atomic mass is 16.7. The monoisotopic (exact) mass is 242 g/mol. The van der Waals surface area contributed by atoms with E-state index < -0.39 is 0 Å². The summed E-state index contributed by atoms with van der Waals surface area (Å²) < 4.78 is 0. The zero-order valence-electron chi connectivity index (χ0n) is 11.2. The van der Waals surface area contributed by atoms with Crippen molar-refractivity contribution in [3.05, 3.63) is 0 Å². The lowest BCUT2D eigenvalue weighted by molar-refractivity contribution is -0.0429. The van der Waals surface area contributed by atoms with Crippen LogP contribution in [0, 0.1) is 0 Å². The van der Waals surface area contributed by atoms with E-state index in [1.807, 2.05) is 13.8 Å². The van der Waals surface area contributed by atoms with Gasteiger partial charge in [-0.2, -0.15) is 4.99 Å². The normalized spacial score (nSPS) is 13.0. The number of nitrogens with zero attached hydrogens (tertiary/aromatic N) is 4. The second kappa shape index (κ2) is 9.59. The minimum atomic E-state index is 0.442. The highest BCUT2D eigenvalue weighted by Crippen LogP contribution is 1.91. The smallest absolute Gasteiger partial charge is 0.247 e. The van der Waals surface area contributed by atoms with Gasteiger partial charge < -0.3 is 10.6 Å². The van der Waals surface area contributed by atoms with Gasteiger partial charge in [-0.15, -0.1) is 0 Å². The summed E-state index contributed by atoms with van der Waals surface area (Å²) >= 11 is 0. The summed E-state index contributed by atoms with van der Waals surface area (Å²) in [5.74, 6) is 0.926. The number of hydrogen-bond donors (Lipinski definition) is 2. The molecule has 7 heteroatoms. The van der Waals surface area contributed by atoms with Crippen molar-refractivity contribution in [3.63, 3.8) is 0 Å². The molecule has 0 heterocycles. The third kappa shape index (κ3) is 6.52. The second-order valence-corrected chi connectivity index (χ2v) is 2.99. The molecule has 0 fully saturated rings. The SMILES string of the molecule is CCN/C=N/C(=N\C(=N/C)N(C)OC)NCC. The van der Waals surface area contributed by atoms with Gasteiger partial charge in [-0.3, -0.25) is 9.83 Å². The van der Waals surface area contributed by atoms with Crippen LogP contribution in [0.1, 0.15) is 13.8 Å². The van der Waals surface area contributed by atoms with Crippen LogP contribution in [0.2, 0.25) is 0 Å². The molecule has 98 valence electrons. The van der Waals surface area contributed by atoms with Gasteiger partial charge in [-0.05, 0) is 13.8 Å². The van der Waals surface area contributed by atoms with Crippen LogP contribution in [0.15, 0.2) is 15.0 Å². The van der Waals surface area contributed by atoms with Crippen LogP contribution in [0.4, 0.5) is 0 Å². The first-order chi connectivity index (χ1) is 8.19. The zero-order chi connectivity index (χ0) is 13.1. The van der Waals surface area contributed by atoms with Crippen molar-refractivity contribution in [1.82, 2.24) is 15.7 Å². The van der Waals surface area contributed by atoms with E-state index in [4.69, 9.17) is 4.84 Å². The molecular weight excluding hydrogens is 220 g/mol. The molecule has 0 unspecified atom stereocenters. The van der Waals surface area contributed by atoms with Crippen molar-refractivity contribution in [2.24, 2.45) is 15.0 Å². The molecule has 0 saturated carbocycles. The second-order valence-electron chi connectivity index (χ2n) is 2.99. The standard InChI is InChI=1S/C10H22N6O/c1-6-12-8-14-9(13-7-2)15-10(11-3)16(4)17-5/h8H,6-7H2,1-5H3,(H2,11,12,13,14,15). The van der Waals surface area contributed by atoms with Gasteiger partial charge in [0.2, 0.25) is 11.9 Å². The molecule has 0 amide bonds. The van der Waals surface area contributed by atoms with Gasteiger partial charge in [0.15, 0.2) is 0 Å². The fourth-order valence-electron chi connectivity index (χ4n) is 0.908. The highest BCUT2D eigenvalue weighted by molar-refractivity contribution is 5.97. The van der Waals surface area contributed by atoms with Crippen LogP contribution in [-0.4, -0.2) is 57.6 Å². The molecule has 0 bridgehead atoms. The molecule has 17 heavy (non-hydrogen) atoms. The van der Waals surface area contributed by atoms with Crippen molar-refractivity contribution >= 4 is 18.3 Å². The van der Waals surface area contributed by atoms with E-state index in [0.717, 1.165) is 13.1 Å². The Kier molecular flexibility index (Phi) is 8.67. The van der Waals surface area contributed by atoms with Crippen LogP contribution in [-0.2, 0) is 4.84 Å². The van der Waals surface area contributed by atoms with Gasteiger partial charge >= 0.3 is 0 Å². The molecule has 0 aromatic rings. The van der Waals surface area contributed by atoms with E-state index in [2.05, 4.69) is 25.6 Å². The fraction of sp³-hybridized carbons (Fsp3) is 0.700. The van der Waals surface area contributed by atoms with Crippen molar-refractivity contribution in [2.45, 2.75) is 13.8 Å². The quantitative estimate of drug-likeness (QED) is 0.415. The number of aliphatic imine (C=N–C) groups is 3. The van der Waals surface area contributed by atoms with Crippen molar-refractivity contribution in [2.75, 3.05) is 34.3 Å². The van der Waals surface area contributed by atoms with Crippen LogP contribution in [0.25, 0.3) is 0 Å². The first-order valence-electron chi connectivity index (χ1n) is 5.52. The maximum absolute atomic E-state index is 5.01. The topological polar surface area (TPSA) is 73.6 Å². The number of rotatable bonds is 4. The molecule has 0 atom stereocenters. The largest absolute Gasteiger partial charge is 0.376 e. The van der Waals surface area contributed by atoms with Gasteiger partial charge in [0.25, 0.3) is 0 Å². The Bertz CT molecular complexity index is 287. The Labute approximate surface area is 103 Å². The van der Waals surface area contributed by atoms with Crippen LogP contribution in [0.3, 0.4) is 0 Å². The predicted molar refractivity (Wildman–Crippen MR) is 71.4 cm³/mol. The lowest BCUT2D eigenvalue weighted by Gasteiger charge is -2.14. The molecule has 0 aromatic heterocycles. The minimum Gasteiger partial charge on any atom is -0.376 e. The zero-order valence-corrected chi connectivity index (χ0v) is 11.2. The minimum absolute atomic E-state index is 0.442. The summed E-state index contributed by atoms with van der Waals surface area (Å²) in [6.45, 7) is 5.51. The van der Waals surface area contributed by atoms with E-state index in [-0.39, 0.29) is 0 Å². The molecule has 0 aliphatic heterocycles. The van der Waals surface area contributed by atoms with E-state index in [0.29, 0.717) is 11.9 Å². The maximum atomic E-state index is 5.01. The molecular formula is C10H22N6O. The Hall–Kier alpha value is -1.63. The van der Waals surface area contributed by atoms with Gasteiger partial charge in [0, 0.05) is 27.2 Å². The van der Waals surface area contributed by atoms with E-state index >= 15 is 0 Å². The van der Waals surface area contributed by atoms with Gasteiger partial charge in [-0.1, -0.05) is 0 Å². The van der Waals surface area contributed by atoms with Gasteiger partial charge in [-0.25, -0.2) is 10.1 Å². The van der Waals surface area contributed by atoms with Crippen LogP contribution < -0.4 is 10.6 Å². The number of hydroxylamine groups is 2. The van der Waals surface area contributed by atoms with Crippen LogP contribution in [0.5, 0.6) is 0 Å². The first kappa shape index (κ1) is 15.4. The molecule has 0 radical (unpaired) electrons. The summed E-state index contributed by atoms with van der Waals surface area (Å²) in [4.78, 5) is 17.4. The lowest BCUT2D eigenvalue weighted by atomic mass is 10.7. The molecule has 7 nitrogen and oxygen atoms in total. The molecule has 2 N–H and O–H groups in total. The Balaban J connectivity index is 4.76. The van der Waals surface area contributed by atoms with Crippen molar-refractivity contribution in [1.29, 1.82) is 0 Å². The third-order valence-corrected chi connectivity index (χ3v) is 1.78. The average Bonchev–Trinajstić information content (AvgIpc) is 2.35. The third-order valence-electron chi connectivity index (χ3n) is 1.78. The summed E-state index contributed by atoms with van der Waals surface area (Å²) in [5.41, 5.74) is 0. The molecule has 0 aliphatic carbocycles. The molecule has 0 spiro atoms. The average molecular weight is 242 g/mol. The van der Waals surface area contributed by atoms with E-state index in [1.165, 1.54) is 5.06 Å². The van der Waals surface area contributed by atoms with Crippen molar-refractivity contribution < 1.29 is 4.84 Å². The molecule has 0 aromatic carbocycles. The fourth-order valence-corrected chi connectivity index (χ4v) is 0.908. The summed E-state index contributed by atoms with van der Waals surface area (Å²) in [6, 6.07) is 0. The number of nitrogens with one attached hydrogen (secondary N) is 2. The lowest BCUT2D eigenvalue weighted by Crippen LogP contribution is -2.29. The van der Waals surface area contributed by atoms with E-state index in [9.17, 15) is 0 Å². The maximum Gasteiger partial charge on any atom is 0.247 e. The first-order valence-corrected chi connectivity index (χ1v) is 5.52. The van der Waals surface area contributed by atoms with Crippen molar-refractivity contribution in [3.8, 4) is 0 Å². The summed E-state index contributed by atoms with van der Waals surface area (Å²) in [5, 5.41) is 7.47. The Morgan fingerprint density at radius 3 is 2.53 bits per heavy atom. The van der Waals surface area contributed by atoms with Gasteiger partial charge in [0.1, 0.15) is 0 Å². The number of guanidine groups is 2. The molecule has 0 rings (SSSR count). The Morgan fingerprint density at radius 1 is 1.35 bits per heavy atom. The predicted octanol–water partition coefficient (Wildman–Crippen LogP) is 0.0687. The number of hydrogen-bond acceptors (Lipinski definition) is 2. The molecule has 0 aliphatic rings. The van der Waals surface area contributed by atoms with E-state index in [1.54, 1.807) is 27.5 Å². The van der Waals surface area contributed by atoms with Gasteiger partial charge in [0.05, 0.1) is 13.4 Å². The van der Waals surface area contributed by atoms with Crippen LogP contribution >= 0.6 is 0 Å². The highest BCUT2D eigenvalue weighted by Gasteiger charge is 2.04. The molecule has 0 saturated heterocycles.